The van der Waals surface area contributed by atoms with Gasteiger partial charge in [-0.2, -0.15) is 15.2 Å². The number of piperidine rings is 3. The van der Waals surface area contributed by atoms with E-state index in [2.05, 4.69) is 104 Å². The molecule has 7 heteroatoms. The first-order chi connectivity index (χ1) is 16.1. The van der Waals surface area contributed by atoms with Crippen molar-refractivity contribution in [2.75, 3.05) is 0 Å². The molecule has 0 aliphatic carbocycles. The van der Waals surface area contributed by atoms with Gasteiger partial charge in [-0.15, -0.1) is 0 Å². The zero-order chi connectivity index (χ0) is 29.1. The molecule has 3 aliphatic heterocycles. The highest BCUT2D eigenvalue weighted by Crippen LogP contribution is 2.79. The molecule has 6 nitrogen and oxygen atoms in total. The lowest BCUT2D eigenvalue weighted by Gasteiger charge is -2.70. The van der Waals surface area contributed by atoms with Crippen LogP contribution in [0, 0.1) is 0 Å². The Labute approximate surface area is 229 Å². The third kappa shape index (κ3) is 5.20. The zero-order valence-corrected chi connectivity index (χ0v) is 27.8. The minimum atomic E-state index is -0.682. The average Bonchev–Trinajstić information content (AvgIpc) is 2.59. The molecule has 3 fully saturated rings. The molecule has 0 atom stereocenters. The van der Waals surface area contributed by atoms with E-state index >= 15 is 0 Å². The van der Waals surface area contributed by atoms with Crippen LogP contribution in [0.1, 0.15) is 142 Å². The third-order valence-corrected chi connectivity index (χ3v) is 14.1. The van der Waals surface area contributed by atoms with Gasteiger partial charge in [0.2, 0.25) is 0 Å². The molecule has 0 amide bonds. The highest BCUT2D eigenvalue weighted by Gasteiger charge is 2.66. The smallest absolute Gasteiger partial charge is 0.0419 e. The third-order valence-electron chi connectivity index (χ3n) is 9.94. The molecule has 0 radical (unpaired) electrons. The van der Waals surface area contributed by atoms with Gasteiger partial charge in [-0.05, 0) is 137 Å². The first kappa shape index (κ1) is 31.7. The van der Waals surface area contributed by atoms with E-state index in [1.54, 1.807) is 15.2 Å². The van der Waals surface area contributed by atoms with Crippen LogP contribution in [0.5, 0.6) is 0 Å². The van der Waals surface area contributed by atoms with Crippen LogP contribution in [0.15, 0.2) is 0 Å². The van der Waals surface area contributed by atoms with Crippen molar-refractivity contribution in [1.82, 2.24) is 15.2 Å². The van der Waals surface area contributed by atoms with Gasteiger partial charge in [0.15, 0.2) is 0 Å². The van der Waals surface area contributed by atoms with Gasteiger partial charge in [0.25, 0.3) is 0 Å². The molecule has 0 aromatic rings. The Morgan fingerprint density at radius 3 is 0.622 bits per heavy atom. The van der Waals surface area contributed by atoms with E-state index < -0.39 is 7.92 Å². The number of nitrogens with zero attached hydrogens (tertiary/aromatic N) is 3. The van der Waals surface area contributed by atoms with Gasteiger partial charge >= 0.3 is 0 Å². The van der Waals surface area contributed by atoms with E-state index in [4.69, 9.17) is 0 Å². The monoisotopic (exact) mass is 541 g/mol. The summed E-state index contributed by atoms with van der Waals surface area (Å²) in [6, 6.07) is 0. The largest absolute Gasteiger partial charge is 0.313 e. The van der Waals surface area contributed by atoms with Crippen molar-refractivity contribution in [2.45, 2.75) is 191 Å². The SMILES string of the molecule is CC1(C)CC(C)(P(C2(C)CC(C)(C)N(O)C(C)(C)C2)C2(C)CC(C)(C)N(O)C(C)(C)C2)CC(C)(C)N1O. The van der Waals surface area contributed by atoms with Crippen molar-refractivity contribution in [2.24, 2.45) is 0 Å². The number of rotatable bonds is 3. The van der Waals surface area contributed by atoms with Crippen molar-refractivity contribution in [1.29, 1.82) is 0 Å². The van der Waals surface area contributed by atoms with E-state index in [0.29, 0.717) is 0 Å². The normalized spacial score (nSPS) is 33.8. The average molecular weight is 542 g/mol. The van der Waals surface area contributed by atoms with Gasteiger partial charge in [0.05, 0.1) is 0 Å². The molecule has 0 bridgehead atoms. The second-order valence-corrected chi connectivity index (χ2v) is 21.6. The molecule has 0 unspecified atom stereocenters. The second-order valence-electron chi connectivity index (χ2n) is 17.7. The van der Waals surface area contributed by atoms with Crippen molar-refractivity contribution >= 4 is 7.92 Å². The summed E-state index contributed by atoms with van der Waals surface area (Å²) in [5.41, 5.74) is -2.11. The van der Waals surface area contributed by atoms with E-state index in [9.17, 15) is 15.6 Å². The van der Waals surface area contributed by atoms with Crippen LogP contribution in [0.25, 0.3) is 0 Å². The first-order valence-electron chi connectivity index (χ1n) is 14.4. The predicted molar refractivity (Wildman–Crippen MR) is 155 cm³/mol. The topological polar surface area (TPSA) is 70.4 Å². The standard InChI is InChI=1S/C30H60N3O3P/c1-22(2)16-28(13,17-23(3,4)31(22)34)37(29(14)18-24(5,6)32(35)25(7,8)19-29)30(15)20-26(9,10)33(36)27(11,12)21-30/h34-36H,16-21H2,1-15H3. The van der Waals surface area contributed by atoms with Gasteiger partial charge in [-0.3, -0.25) is 0 Å². The molecular formula is C30H60N3O3P. The fourth-order valence-corrected chi connectivity index (χ4v) is 18.3. The summed E-state index contributed by atoms with van der Waals surface area (Å²) in [6.07, 6.45) is 5.53. The van der Waals surface area contributed by atoms with Crippen molar-refractivity contribution in [3.8, 4) is 0 Å². The summed E-state index contributed by atoms with van der Waals surface area (Å²) in [5, 5.41) is 38.7. The van der Waals surface area contributed by atoms with Gasteiger partial charge in [-0.1, -0.05) is 28.7 Å². The molecule has 3 aliphatic rings. The second kappa shape index (κ2) is 8.60. The summed E-state index contributed by atoms with van der Waals surface area (Å²) in [5.74, 6) is 0. The summed E-state index contributed by atoms with van der Waals surface area (Å²) in [6.45, 7) is 33.9. The van der Waals surface area contributed by atoms with Gasteiger partial charge in [-0.25, -0.2) is 0 Å². The molecule has 0 saturated carbocycles. The molecule has 0 aromatic heterocycles. The number of hydrogen-bond acceptors (Lipinski definition) is 6. The van der Waals surface area contributed by atoms with Crippen LogP contribution in [-0.4, -0.2) is 79.5 Å². The Bertz CT molecular complexity index is 726. The molecule has 3 heterocycles. The van der Waals surface area contributed by atoms with E-state index in [0.717, 1.165) is 38.5 Å². The highest BCUT2D eigenvalue weighted by atomic mass is 31.1. The van der Waals surface area contributed by atoms with Gasteiger partial charge in [0.1, 0.15) is 0 Å². The van der Waals surface area contributed by atoms with E-state index in [1.165, 1.54) is 0 Å². The summed E-state index contributed by atoms with van der Waals surface area (Å²) < 4.78 is 0. The number of hydrogen-bond donors (Lipinski definition) is 3. The van der Waals surface area contributed by atoms with Crippen LogP contribution >= 0.6 is 7.92 Å². The Morgan fingerprint density at radius 2 is 0.486 bits per heavy atom. The molecular weight excluding hydrogens is 481 g/mol. The van der Waals surface area contributed by atoms with Gasteiger partial charge in [0, 0.05) is 33.2 Å². The van der Waals surface area contributed by atoms with Crippen LogP contribution in [0.4, 0.5) is 0 Å². The van der Waals surface area contributed by atoms with Crippen LogP contribution in [0.3, 0.4) is 0 Å². The predicted octanol–water partition coefficient (Wildman–Crippen LogP) is 7.87. The number of hydroxylamine groups is 6. The fraction of sp³-hybridized carbons (Fsp3) is 1.00. The summed E-state index contributed by atoms with van der Waals surface area (Å²) in [4.78, 5) is 0. The minimum Gasteiger partial charge on any atom is -0.313 e. The van der Waals surface area contributed by atoms with Crippen LogP contribution in [-0.2, 0) is 0 Å². The fourth-order valence-electron chi connectivity index (χ4n) is 11.1. The maximum atomic E-state index is 11.3. The van der Waals surface area contributed by atoms with Crippen LogP contribution in [0.2, 0.25) is 0 Å². The van der Waals surface area contributed by atoms with E-state index in [1.807, 2.05) is 0 Å². The molecule has 0 spiro atoms. The van der Waals surface area contributed by atoms with Crippen molar-refractivity contribution in [3.05, 3.63) is 0 Å². The van der Waals surface area contributed by atoms with Crippen molar-refractivity contribution in [3.63, 3.8) is 0 Å². The summed E-state index contributed by atoms with van der Waals surface area (Å²) in [7, 11) is -0.682. The molecule has 3 N–H and O–H groups in total. The first-order valence-corrected chi connectivity index (χ1v) is 15.7. The van der Waals surface area contributed by atoms with Crippen LogP contribution < -0.4 is 0 Å². The lowest BCUT2D eigenvalue weighted by Crippen LogP contribution is -2.70. The van der Waals surface area contributed by atoms with Crippen molar-refractivity contribution < 1.29 is 15.6 Å². The Hall–Kier alpha value is 0.190. The molecule has 37 heavy (non-hydrogen) atoms. The quantitative estimate of drug-likeness (QED) is 0.316. The molecule has 218 valence electrons. The maximum absolute atomic E-state index is 11.3. The molecule has 0 aromatic carbocycles. The lowest BCUT2D eigenvalue weighted by atomic mass is 9.74. The Morgan fingerprint density at radius 1 is 0.351 bits per heavy atom. The highest BCUT2D eigenvalue weighted by molar-refractivity contribution is 7.62. The minimum absolute atomic E-state index is 0.00135. The summed E-state index contributed by atoms with van der Waals surface area (Å²) >= 11 is 0. The maximum Gasteiger partial charge on any atom is 0.0419 e. The Balaban J connectivity index is 2.30. The lowest BCUT2D eigenvalue weighted by molar-refractivity contribution is -0.252. The molecule has 3 saturated heterocycles. The van der Waals surface area contributed by atoms with Gasteiger partial charge < -0.3 is 15.6 Å². The zero-order valence-electron chi connectivity index (χ0n) is 26.9. The van der Waals surface area contributed by atoms with E-state index in [-0.39, 0.29) is 48.7 Å². The molecule has 3 rings (SSSR count). The Kier molecular flexibility index (Phi) is 7.37.